The molecule has 0 radical (unpaired) electrons. The highest BCUT2D eigenvalue weighted by Gasteiger charge is 2.38. The van der Waals surface area contributed by atoms with Crippen LogP contribution >= 0.6 is 0 Å². The molecular weight excluding hydrogens is 240 g/mol. The minimum absolute atomic E-state index is 0.157. The first-order valence-corrected chi connectivity index (χ1v) is 7.28. The van der Waals surface area contributed by atoms with Crippen LogP contribution in [0.25, 0.3) is 0 Å². The number of unbranched alkanes of at least 4 members (excludes halogenated alkanes) is 1. The molecule has 1 aromatic rings. The lowest BCUT2D eigenvalue weighted by Gasteiger charge is -2.26. The van der Waals surface area contributed by atoms with Crippen LogP contribution < -0.4 is 5.32 Å². The van der Waals surface area contributed by atoms with Crippen molar-refractivity contribution in [3.8, 4) is 0 Å². The summed E-state index contributed by atoms with van der Waals surface area (Å²) < 4.78 is 7.39. The quantitative estimate of drug-likeness (QED) is 0.822. The number of alkyl carbamates (subject to hydrolysis) is 1. The summed E-state index contributed by atoms with van der Waals surface area (Å²) in [6, 6.07) is 4.25. The van der Waals surface area contributed by atoms with Gasteiger partial charge < -0.3 is 14.6 Å². The van der Waals surface area contributed by atoms with E-state index in [1.54, 1.807) is 0 Å². The van der Waals surface area contributed by atoms with E-state index in [2.05, 4.69) is 42.1 Å². The van der Waals surface area contributed by atoms with Gasteiger partial charge in [-0.05, 0) is 38.3 Å². The van der Waals surface area contributed by atoms with E-state index in [0.29, 0.717) is 6.61 Å². The first-order valence-electron chi connectivity index (χ1n) is 7.28. The number of rotatable bonds is 7. The number of amides is 1. The molecule has 1 aromatic heterocycles. The van der Waals surface area contributed by atoms with Crippen molar-refractivity contribution in [2.24, 2.45) is 0 Å². The van der Waals surface area contributed by atoms with Gasteiger partial charge in [0.15, 0.2) is 0 Å². The number of hydrogen-bond acceptors (Lipinski definition) is 2. The molecule has 2 rings (SSSR count). The minimum atomic E-state index is -0.262. The van der Waals surface area contributed by atoms with Crippen molar-refractivity contribution in [3.63, 3.8) is 0 Å². The third-order valence-electron chi connectivity index (χ3n) is 3.98. The van der Waals surface area contributed by atoms with Crippen molar-refractivity contribution in [1.82, 2.24) is 9.88 Å². The van der Waals surface area contributed by atoms with Gasteiger partial charge in [0.1, 0.15) is 6.61 Å². The van der Waals surface area contributed by atoms with E-state index in [1.807, 2.05) is 0 Å². The zero-order valence-electron chi connectivity index (χ0n) is 11.9. The van der Waals surface area contributed by atoms with Gasteiger partial charge in [-0.25, -0.2) is 4.79 Å². The molecule has 1 amide bonds. The number of carbonyl (C=O) groups excluding carboxylic acids is 1. The highest BCUT2D eigenvalue weighted by atomic mass is 16.6. The molecule has 0 spiro atoms. The smallest absolute Gasteiger partial charge is 0.407 e. The Morgan fingerprint density at radius 3 is 2.89 bits per heavy atom. The van der Waals surface area contributed by atoms with Gasteiger partial charge in [-0.3, -0.25) is 0 Å². The molecule has 1 aliphatic rings. The third kappa shape index (κ3) is 3.31. The van der Waals surface area contributed by atoms with Gasteiger partial charge in [0.2, 0.25) is 0 Å². The second kappa shape index (κ2) is 6.13. The highest BCUT2D eigenvalue weighted by Crippen LogP contribution is 2.26. The summed E-state index contributed by atoms with van der Waals surface area (Å²) in [6.45, 7) is 5.83. The Morgan fingerprint density at radius 1 is 1.42 bits per heavy atom. The van der Waals surface area contributed by atoms with E-state index in [4.69, 9.17) is 4.74 Å². The van der Waals surface area contributed by atoms with E-state index >= 15 is 0 Å². The maximum absolute atomic E-state index is 11.4. The van der Waals surface area contributed by atoms with Gasteiger partial charge >= 0.3 is 6.09 Å². The zero-order chi connectivity index (χ0) is 13.7. The number of carbonyl (C=O) groups is 1. The van der Waals surface area contributed by atoms with Crippen LogP contribution in [0.4, 0.5) is 4.79 Å². The van der Waals surface area contributed by atoms with Crippen LogP contribution in [0.15, 0.2) is 18.3 Å². The Morgan fingerprint density at radius 2 is 2.26 bits per heavy atom. The van der Waals surface area contributed by atoms with Gasteiger partial charge in [-0.15, -0.1) is 0 Å². The summed E-state index contributed by atoms with van der Waals surface area (Å²) in [6.07, 6.45) is 7.04. The van der Waals surface area contributed by atoms with Gasteiger partial charge in [0, 0.05) is 18.4 Å². The lowest BCUT2D eigenvalue weighted by Crippen LogP contribution is -2.44. The molecule has 106 valence electrons. The van der Waals surface area contributed by atoms with Crippen molar-refractivity contribution in [3.05, 3.63) is 24.0 Å². The van der Waals surface area contributed by atoms with Crippen molar-refractivity contribution in [2.45, 2.75) is 58.0 Å². The number of nitrogens with one attached hydrogen (secondary N) is 1. The minimum Gasteiger partial charge on any atom is -0.447 e. The fraction of sp³-hybridized carbons (Fsp3) is 0.667. The van der Waals surface area contributed by atoms with Crippen LogP contribution in [0.5, 0.6) is 0 Å². The molecule has 4 nitrogen and oxygen atoms in total. The van der Waals surface area contributed by atoms with Crippen LogP contribution in [-0.4, -0.2) is 22.8 Å². The summed E-state index contributed by atoms with van der Waals surface area (Å²) >= 11 is 0. The largest absolute Gasteiger partial charge is 0.447 e. The van der Waals surface area contributed by atoms with Crippen LogP contribution in [0.2, 0.25) is 0 Å². The first-order chi connectivity index (χ1) is 9.19. The summed E-state index contributed by atoms with van der Waals surface area (Å²) in [5.74, 6) is 0. The highest BCUT2D eigenvalue weighted by molar-refractivity contribution is 5.70. The fourth-order valence-electron chi connectivity index (χ4n) is 2.75. The third-order valence-corrected chi connectivity index (χ3v) is 3.98. The molecule has 1 aliphatic heterocycles. The number of cyclic esters (lactones) is 1. The van der Waals surface area contributed by atoms with Crippen LogP contribution in [0, 0.1) is 0 Å². The predicted octanol–water partition coefficient (Wildman–Crippen LogP) is 3.11. The topological polar surface area (TPSA) is 43.3 Å². The Balaban J connectivity index is 1.99. The Labute approximate surface area is 115 Å². The molecule has 1 saturated heterocycles. The van der Waals surface area contributed by atoms with E-state index in [-0.39, 0.29) is 11.6 Å². The average Bonchev–Trinajstić information content (AvgIpc) is 3.01. The van der Waals surface area contributed by atoms with Crippen molar-refractivity contribution >= 4 is 6.09 Å². The molecule has 0 bridgehead atoms. The van der Waals surface area contributed by atoms with E-state index in [0.717, 1.165) is 38.6 Å². The van der Waals surface area contributed by atoms with E-state index in [9.17, 15) is 4.79 Å². The number of nitrogens with zero attached hydrogens (tertiary/aromatic N) is 1. The van der Waals surface area contributed by atoms with Crippen molar-refractivity contribution < 1.29 is 9.53 Å². The molecule has 1 atom stereocenters. The Hall–Kier alpha value is -1.45. The second-order valence-electron chi connectivity index (χ2n) is 5.37. The zero-order valence-corrected chi connectivity index (χ0v) is 11.9. The maximum Gasteiger partial charge on any atom is 0.407 e. The lowest BCUT2D eigenvalue weighted by molar-refractivity contribution is 0.169. The Kier molecular flexibility index (Phi) is 4.51. The van der Waals surface area contributed by atoms with Gasteiger partial charge in [-0.2, -0.15) is 0 Å². The number of ether oxygens (including phenoxy) is 1. The van der Waals surface area contributed by atoms with Crippen LogP contribution in [0.1, 0.15) is 45.2 Å². The molecule has 0 aliphatic carbocycles. The van der Waals surface area contributed by atoms with E-state index < -0.39 is 0 Å². The number of aromatic nitrogens is 1. The molecule has 19 heavy (non-hydrogen) atoms. The molecule has 0 unspecified atom stereocenters. The van der Waals surface area contributed by atoms with Crippen molar-refractivity contribution in [2.75, 3.05) is 6.61 Å². The average molecular weight is 264 g/mol. The standard InChI is InChI=1S/C15H24N2O2/c1-3-5-9-15(12-19-14(18)16-15)10-8-13-7-6-11-17(13)4-2/h6-7,11H,3-5,8-10,12H2,1-2H3,(H,16,18)/t15-/m1/s1. The predicted molar refractivity (Wildman–Crippen MR) is 75.2 cm³/mol. The fourth-order valence-corrected chi connectivity index (χ4v) is 2.75. The summed E-state index contributed by atoms with van der Waals surface area (Å²) in [5.41, 5.74) is 1.18. The molecular formula is C15H24N2O2. The van der Waals surface area contributed by atoms with Gasteiger partial charge in [-0.1, -0.05) is 19.8 Å². The summed E-state index contributed by atoms with van der Waals surface area (Å²) in [4.78, 5) is 11.4. The summed E-state index contributed by atoms with van der Waals surface area (Å²) in [7, 11) is 0. The van der Waals surface area contributed by atoms with E-state index in [1.165, 1.54) is 5.69 Å². The lowest BCUT2D eigenvalue weighted by atomic mass is 9.88. The normalized spacial score (nSPS) is 22.3. The molecule has 1 N–H and O–H groups in total. The molecule has 0 aromatic carbocycles. The SMILES string of the molecule is CCCC[C@@]1(CCc2cccn2CC)COC(=O)N1. The van der Waals surface area contributed by atoms with Gasteiger partial charge in [0.05, 0.1) is 5.54 Å². The number of aryl methyl sites for hydroxylation is 2. The molecule has 0 saturated carbocycles. The first kappa shape index (κ1) is 14.0. The maximum atomic E-state index is 11.4. The van der Waals surface area contributed by atoms with Crippen molar-refractivity contribution in [1.29, 1.82) is 0 Å². The molecule has 1 fully saturated rings. The molecule has 2 heterocycles. The monoisotopic (exact) mass is 264 g/mol. The van der Waals surface area contributed by atoms with Crippen LogP contribution in [-0.2, 0) is 17.7 Å². The number of hydrogen-bond donors (Lipinski definition) is 1. The molecule has 4 heteroatoms. The Bertz CT molecular complexity index is 428. The second-order valence-corrected chi connectivity index (χ2v) is 5.37. The van der Waals surface area contributed by atoms with Gasteiger partial charge in [0.25, 0.3) is 0 Å². The van der Waals surface area contributed by atoms with Crippen LogP contribution in [0.3, 0.4) is 0 Å². The summed E-state index contributed by atoms with van der Waals surface area (Å²) in [5, 5.41) is 3.03.